The molecule has 2 aromatic heterocycles. The van der Waals surface area contributed by atoms with Gasteiger partial charge in [0.2, 0.25) is 0 Å². The van der Waals surface area contributed by atoms with Gasteiger partial charge in [-0.25, -0.2) is 9.79 Å². The summed E-state index contributed by atoms with van der Waals surface area (Å²) in [6.45, 7) is 14.1. The maximum atomic E-state index is 14.2. The monoisotopic (exact) mass is 557 g/mol. The minimum Gasteiger partial charge on any atom is -0.491 e. The SMILES string of the molecule is CCOC(=O)C1=C(C)N=c2s/c(=C\c3c(C)n(C(C)C)c4ccccc34)c(=O)n2[C@@H]1c1ccccc1OC(C)C. The number of carbonyl (C=O) groups is 1. The zero-order valence-electron chi connectivity index (χ0n) is 24.0. The van der Waals surface area contributed by atoms with Crippen molar-refractivity contribution in [2.75, 3.05) is 6.61 Å². The molecule has 7 nitrogen and oxygen atoms in total. The van der Waals surface area contributed by atoms with E-state index in [9.17, 15) is 9.59 Å². The van der Waals surface area contributed by atoms with Crippen LogP contribution in [0.2, 0.25) is 0 Å². The van der Waals surface area contributed by atoms with Crippen LogP contribution in [0.25, 0.3) is 17.0 Å². The van der Waals surface area contributed by atoms with Crippen molar-refractivity contribution in [3.63, 3.8) is 0 Å². The zero-order valence-corrected chi connectivity index (χ0v) is 24.8. The van der Waals surface area contributed by atoms with Crippen LogP contribution in [0.3, 0.4) is 0 Å². The van der Waals surface area contributed by atoms with Crippen LogP contribution in [0.1, 0.15) is 70.4 Å². The van der Waals surface area contributed by atoms with Gasteiger partial charge in [-0.2, -0.15) is 0 Å². The normalized spacial score (nSPS) is 15.6. The van der Waals surface area contributed by atoms with Crippen LogP contribution in [0.5, 0.6) is 5.75 Å². The number of nitrogens with zero attached hydrogens (tertiary/aromatic N) is 3. The minimum atomic E-state index is -0.731. The number of hydrogen-bond donors (Lipinski definition) is 0. The molecule has 0 amide bonds. The lowest BCUT2D eigenvalue weighted by Gasteiger charge is -2.26. The van der Waals surface area contributed by atoms with Crippen LogP contribution in [-0.2, 0) is 9.53 Å². The number of fused-ring (bicyclic) bond motifs is 2. The van der Waals surface area contributed by atoms with E-state index in [2.05, 4.69) is 37.5 Å². The van der Waals surface area contributed by atoms with E-state index in [-0.39, 0.29) is 24.3 Å². The lowest BCUT2D eigenvalue weighted by Crippen LogP contribution is -2.40. The highest BCUT2D eigenvalue weighted by Crippen LogP contribution is 2.36. The van der Waals surface area contributed by atoms with Crippen LogP contribution in [-0.4, -0.2) is 27.8 Å². The molecule has 0 saturated heterocycles. The van der Waals surface area contributed by atoms with Gasteiger partial charge in [0.1, 0.15) is 11.8 Å². The Morgan fingerprint density at radius 3 is 2.48 bits per heavy atom. The smallest absolute Gasteiger partial charge is 0.338 e. The van der Waals surface area contributed by atoms with Crippen molar-refractivity contribution < 1.29 is 14.3 Å². The number of allylic oxidation sites excluding steroid dienone is 1. The fourth-order valence-electron chi connectivity index (χ4n) is 5.55. The van der Waals surface area contributed by atoms with E-state index >= 15 is 0 Å². The molecule has 0 saturated carbocycles. The molecule has 40 heavy (non-hydrogen) atoms. The van der Waals surface area contributed by atoms with Gasteiger partial charge in [0.25, 0.3) is 5.56 Å². The molecule has 3 heterocycles. The van der Waals surface area contributed by atoms with E-state index in [0.717, 1.165) is 22.2 Å². The van der Waals surface area contributed by atoms with Crippen molar-refractivity contribution in [1.29, 1.82) is 0 Å². The topological polar surface area (TPSA) is 74.8 Å². The molecular weight excluding hydrogens is 522 g/mol. The quantitative estimate of drug-likeness (QED) is 0.284. The summed E-state index contributed by atoms with van der Waals surface area (Å²) < 4.78 is 16.1. The third kappa shape index (κ3) is 4.70. The fourth-order valence-corrected chi connectivity index (χ4v) is 6.58. The summed E-state index contributed by atoms with van der Waals surface area (Å²) in [5.41, 5.74) is 4.62. The van der Waals surface area contributed by atoms with Crippen LogP contribution in [0.4, 0.5) is 0 Å². The fraction of sp³-hybridized carbons (Fsp3) is 0.344. The number of rotatable bonds is 7. The van der Waals surface area contributed by atoms with E-state index in [0.29, 0.717) is 31.9 Å². The van der Waals surface area contributed by atoms with Gasteiger partial charge in [-0.3, -0.25) is 9.36 Å². The Labute approximate surface area is 237 Å². The van der Waals surface area contributed by atoms with E-state index in [1.54, 1.807) is 18.4 Å². The molecule has 0 N–H and O–H groups in total. The summed E-state index contributed by atoms with van der Waals surface area (Å²) in [5, 5.41) is 1.09. The molecule has 0 aliphatic carbocycles. The molecule has 0 radical (unpaired) electrons. The van der Waals surface area contributed by atoms with Gasteiger partial charge >= 0.3 is 5.97 Å². The minimum absolute atomic E-state index is 0.0886. The number of aromatic nitrogens is 2. The number of carbonyl (C=O) groups excluding carboxylic acids is 1. The van der Waals surface area contributed by atoms with Crippen LogP contribution >= 0.6 is 11.3 Å². The number of benzene rings is 2. The molecule has 0 unspecified atom stereocenters. The van der Waals surface area contributed by atoms with Gasteiger partial charge in [-0.15, -0.1) is 0 Å². The molecule has 0 bridgehead atoms. The molecule has 0 spiro atoms. The third-order valence-corrected chi connectivity index (χ3v) is 8.07. The molecule has 1 atom stereocenters. The number of para-hydroxylation sites is 2. The lowest BCUT2D eigenvalue weighted by molar-refractivity contribution is -0.139. The predicted molar refractivity (Wildman–Crippen MR) is 160 cm³/mol. The van der Waals surface area contributed by atoms with Crippen molar-refractivity contribution in [1.82, 2.24) is 9.13 Å². The first-order valence-corrected chi connectivity index (χ1v) is 14.5. The molecule has 4 aromatic rings. The average Bonchev–Trinajstić information content (AvgIpc) is 3.36. The Morgan fingerprint density at radius 2 is 1.77 bits per heavy atom. The van der Waals surface area contributed by atoms with Gasteiger partial charge < -0.3 is 14.0 Å². The first-order chi connectivity index (χ1) is 19.1. The first kappa shape index (κ1) is 27.6. The number of ether oxygens (including phenoxy) is 2. The Balaban J connectivity index is 1.79. The van der Waals surface area contributed by atoms with Crippen molar-refractivity contribution in [3.8, 4) is 5.75 Å². The summed E-state index contributed by atoms with van der Waals surface area (Å²) in [5.74, 6) is 0.127. The molecule has 208 valence electrons. The predicted octanol–water partition coefficient (Wildman–Crippen LogP) is 5.43. The molecule has 5 rings (SSSR count). The van der Waals surface area contributed by atoms with Crippen molar-refractivity contribution >= 4 is 34.3 Å². The highest BCUT2D eigenvalue weighted by molar-refractivity contribution is 7.07. The lowest BCUT2D eigenvalue weighted by atomic mass is 9.95. The van der Waals surface area contributed by atoms with Crippen LogP contribution in [0, 0.1) is 6.92 Å². The standard InChI is InChI=1S/C32H35N3O4S/c1-8-38-31(37)28-20(6)33-32-35(29(28)23-14-10-12-16-26(23)39-19(4)5)30(36)27(40-32)17-24-21(7)34(18(2)3)25-15-11-9-13-22(24)25/h9-19,29H,8H2,1-7H3/b27-17-/t29-/m1/s1. The molecule has 2 aromatic carbocycles. The summed E-state index contributed by atoms with van der Waals surface area (Å²) in [7, 11) is 0. The number of esters is 1. The Kier molecular flexibility index (Phi) is 7.55. The Morgan fingerprint density at radius 1 is 1.07 bits per heavy atom. The van der Waals surface area contributed by atoms with E-state index in [1.807, 2.05) is 56.3 Å². The van der Waals surface area contributed by atoms with Gasteiger partial charge in [0.15, 0.2) is 4.80 Å². The van der Waals surface area contributed by atoms with E-state index in [4.69, 9.17) is 14.5 Å². The molecule has 0 fully saturated rings. The third-order valence-electron chi connectivity index (χ3n) is 7.09. The summed E-state index contributed by atoms with van der Waals surface area (Å²) in [4.78, 5) is 32.8. The second-order valence-electron chi connectivity index (χ2n) is 10.5. The van der Waals surface area contributed by atoms with E-state index < -0.39 is 12.0 Å². The molecular formula is C32H35N3O4S. The highest BCUT2D eigenvalue weighted by Gasteiger charge is 2.35. The Hall–Kier alpha value is -3.91. The average molecular weight is 558 g/mol. The summed E-state index contributed by atoms with van der Waals surface area (Å²) in [6.07, 6.45) is 1.88. The van der Waals surface area contributed by atoms with Crippen molar-refractivity contribution in [2.45, 2.75) is 66.7 Å². The second-order valence-corrected chi connectivity index (χ2v) is 11.5. The summed E-state index contributed by atoms with van der Waals surface area (Å²) in [6, 6.07) is 15.3. The van der Waals surface area contributed by atoms with Crippen LogP contribution < -0.4 is 19.6 Å². The maximum absolute atomic E-state index is 14.2. The van der Waals surface area contributed by atoms with Gasteiger partial charge in [-0.1, -0.05) is 47.7 Å². The number of hydrogen-bond acceptors (Lipinski definition) is 6. The first-order valence-electron chi connectivity index (χ1n) is 13.7. The van der Waals surface area contributed by atoms with E-state index in [1.165, 1.54) is 11.3 Å². The highest BCUT2D eigenvalue weighted by atomic mass is 32.1. The Bertz CT molecular complexity index is 1820. The van der Waals surface area contributed by atoms with Gasteiger partial charge in [0, 0.05) is 33.8 Å². The largest absolute Gasteiger partial charge is 0.491 e. The summed E-state index contributed by atoms with van der Waals surface area (Å²) >= 11 is 1.33. The van der Waals surface area contributed by atoms with Crippen molar-refractivity contribution in [3.05, 3.63) is 96.3 Å². The van der Waals surface area contributed by atoms with Gasteiger partial charge in [0.05, 0.1) is 28.5 Å². The molecule has 8 heteroatoms. The molecule has 1 aliphatic rings. The molecule has 1 aliphatic heterocycles. The number of thiazole rings is 1. The zero-order chi connectivity index (χ0) is 28.7. The van der Waals surface area contributed by atoms with Crippen LogP contribution in [0.15, 0.2) is 69.6 Å². The second kappa shape index (κ2) is 10.9. The maximum Gasteiger partial charge on any atom is 0.338 e. The van der Waals surface area contributed by atoms with Crippen molar-refractivity contribution in [2.24, 2.45) is 4.99 Å². The van der Waals surface area contributed by atoms with Gasteiger partial charge in [-0.05, 0) is 66.7 Å².